The predicted molar refractivity (Wildman–Crippen MR) is 125 cm³/mol. The molecule has 0 aliphatic rings. The van der Waals surface area contributed by atoms with Crippen LogP contribution in [-0.2, 0) is 22.5 Å². The van der Waals surface area contributed by atoms with Crippen LogP contribution < -0.4 is 5.43 Å². The van der Waals surface area contributed by atoms with E-state index < -0.39 is 0 Å². The van der Waals surface area contributed by atoms with Gasteiger partial charge in [0.05, 0.1) is 24.9 Å². The highest BCUT2D eigenvalue weighted by Crippen LogP contribution is 2.17. The number of anilines is 1. The standard InChI is InChI=1S/C23H34N4O2S/c1-4-7-13-27(14-8-5-2)17-20-12-10-9-11-19(20)16-24-26-23-25-21(18-30-23)15-22(28)29-6-3/h9-12,16,18H,4-8,13-15,17H2,1-3H3,(H,25,26). The topological polar surface area (TPSA) is 66.8 Å². The molecule has 2 aromatic rings. The minimum absolute atomic E-state index is 0.184. The molecule has 2 rings (SSSR count). The molecule has 1 N–H and O–H groups in total. The lowest BCUT2D eigenvalue weighted by atomic mass is 10.1. The number of thiazole rings is 1. The second-order valence-electron chi connectivity index (χ2n) is 7.18. The van der Waals surface area contributed by atoms with Gasteiger partial charge in [0.2, 0.25) is 5.13 Å². The zero-order chi connectivity index (χ0) is 21.6. The van der Waals surface area contributed by atoms with Gasteiger partial charge in [0.1, 0.15) is 0 Å². The second kappa shape index (κ2) is 13.9. The first-order chi connectivity index (χ1) is 14.7. The van der Waals surface area contributed by atoms with Crippen LogP contribution in [0.5, 0.6) is 0 Å². The maximum atomic E-state index is 11.6. The number of hydrogen-bond acceptors (Lipinski definition) is 7. The van der Waals surface area contributed by atoms with Crippen LogP contribution in [0.1, 0.15) is 63.3 Å². The quantitative estimate of drug-likeness (QED) is 0.257. The minimum Gasteiger partial charge on any atom is -0.466 e. The van der Waals surface area contributed by atoms with E-state index in [0.29, 0.717) is 17.4 Å². The van der Waals surface area contributed by atoms with E-state index in [1.54, 1.807) is 6.92 Å². The van der Waals surface area contributed by atoms with Crippen LogP contribution in [0.25, 0.3) is 0 Å². The monoisotopic (exact) mass is 430 g/mol. The van der Waals surface area contributed by atoms with Crippen molar-refractivity contribution in [1.82, 2.24) is 9.88 Å². The summed E-state index contributed by atoms with van der Waals surface area (Å²) in [6.07, 6.45) is 6.89. The Balaban J connectivity index is 1.97. The van der Waals surface area contributed by atoms with Crippen LogP contribution in [0.3, 0.4) is 0 Å². The van der Waals surface area contributed by atoms with Gasteiger partial charge in [-0.15, -0.1) is 11.3 Å². The third kappa shape index (κ3) is 8.63. The number of ether oxygens (including phenoxy) is 1. The van der Waals surface area contributed by atoms with E-state index in [1.807, 2.05) is 17.7 Å². The van der Waals surface area contributed by atoms with Crippen molar-refractivity contribution in [2.45, 2.75) is 59.4 Å². The number of unbranched alkanes of at least 4 members (excludes halogenated alkanes) is 2. The normalized spacial score (nSPS) is 11.3. The minimum atomic E-state index is -0.262. The summed E-state index contributed by atoms with van der Waals surface area (Å²) < 4.78 is 4.96. The SMILES string of the molecule is CCCCN(CCCC)Cc1ccccc1C=NNc1nc(CC(=O)OCC)cs1. The Labute approximate surface area is 184 Å². The van der Waals surface area contributed by atoms with Crippen molar-refractivity contribution in [1.29, 1.82) is 0 Å². The molecule has 0 aliphatic heterocycles. The molecule has 1 heterocycles. The van der Waals surface area contributed by atoms with E-state index in [-0.39, 0.29) is 12.4 Å². The third-order valence-electron chi connectivity index (χ3n) is 4.65. The zero-order valence-electron chi connectivity index (χ0n) is 18.4. The number of carbonyl (C=O) groups excluding carboxylic acids is 1. The van der Waals surface area contributed by atoms with Gasteiger partial charge >= 0.3 is 5.97 Å². The number of aromatic nitrogens is 1. The zero-order valence-corrected chi connectivity index (χ0v) is 19.2. The molecule has 30 heavy (non-hydrogen) atoms. The Kier molecular flexibility index (Phi) is 11.1. The van der Waals surface area contributed by atoms with Crippen LogP contribution >= 0.6 is 11.3 Å². The van der Waals surface area contributed by atoms with Gasteiger partial charge in [-0.2, -0.15) is 5.10 Å². The first-order valence-electron chi connectivity index (χ1n) is 10.9. The summed E-state index contributed by atoms with van der Waals surface area (Å²) >= 11 is 1.43. The Morgan fingerprint density at radius 1 is 1.20 bits per heavy atom. The summed E-state index contributed by atoms with van der Waals surface area (Å²) in [6.45, 7) is 9.84. The van der Waals surface area contributed by atoms with E-state index >= 15 is 0 Å². The van der Waals surface area contributed by atoms with Crippen LogP contribution in [0.4, 0.5) is 5.13 Å². The number of hydrazone groups is 1. The molecule has 0 atom stereocenters. The maximum absolute atomic E-state index is 11.6. The van der Waals surface area contributed by atoms with Crippen LogP contribution in [-0.4, -0.2) is 41.8 Å². The Bertz CT molecular complexity index is 783. The molecular weight excluding hydrogens is 396 g/mol. The molecule has 0 saturated carbocycles. The van der Waals surface area contributed by atoms with E-state index in [1.165, 1.54) is 42.6 Å². The van der Waals surface area contributed by atoms with Gasteiger partial charge in [0, 0.05) is 11.9 Å². The fourth-order valence-electron chi connectivity index (χ4n) is 3.03. The first-order valence-corrected chi connectivity index (χ1v) is 11.7. The number of rotatable bonds is 14. The van der Waals surface area contributed by atoms with Crippen molar-refractivity contribution in [2.24, 2.45) is 5.10 Å². The molecule has 1 aromatic heterocycles. The van der Waals surface area contributed by atoms with Gasteiger partial charge in [-0.1, -0.05) is 51.0 Å². The number of nitrogens with one attached hydrogen (secondary N) is 1. The highest BCUT2D eigenvalue weighted by atomic mass is 32.1. The smallest absolute Gasteiger partial charge is 0.311 e. The molecule has 164 valence electrons. The summed E-state index contributed by atoms with van der Waals surface area (Å²) in [5.41, 5.74) is 6.05. The van der Waals surface area contributed by atoms with Crippen molar-refractivity contribution in [2.75, 3.05) is 25.1 Å². The summed E-state index contributed by atoms with van der Waals surface area (Å²) in [5, 5.41) is 6.88. The highest BCUT2D eigenvalue weighted by Gasteiger charge is 2.09. The predicted octanol–water partition coefficient (Wildman–Crippen LogP) is 5.10. The lowest BCUT2D eigenvalue weighted by Crippen LogP contribution is -2.26. The molecule has 0 spiro atoms. The molecular formula is C23H34N4O2S. The second-order valence-corrected chi connectivity index (χ2v) is 8.04. The van der Waals surface area contributed by atoms with Gasteiger partial charge in [-0.05, 0) is 44.0 Å². The maximum Gasteiger partial charge on any atom is 0.311 e. The molecule has 0 aliphatic carbocycles. The van der Waals surface area contributed by atoms with E-state index in [9.17, 15) is 4.79 Å². The third-order valence-corrected chi connectivity index (χ3v) is 5.45. The number of carbonyl (C=O) groups is 1. The molecule has 6 nitrogen and oxygen atoms in total. The van der Waals surface area contributed by atoms with Crippen molar-refractivity contribution in [3.05, 3.63) is 46.5 Å². The van der Waals surface area contributed by atoms with E-state index in [0.717, 1.165) is 25.2 Å². The first kappa shape index (κ1) is 24.0. The van der Waals surface area contributed by atoms with Crippen molar-refractivity contribution in [3.63, 3.8) is 0 Å². The molecule has 7 heteroatoms. The molecule has 0 unspecified atom stereocenters. The Morgan fingerprint density at radius 3 is 2.63 bits per heavy atom. The van der Waals surface area contributed by atoms with Gasteiger partial charge < -0.3 is 4.74 Å². The molecule has 0 fully saturated rings. The summed E-state index contributed by atoms with van der Waals surface area (Å²) in [5.74, 6) is -0.262. The molecule has 0 saturated heterocycles. The van der Waals surface area contributed by atoms with Gasteiger partial charge in [0.15, 0.2) is 0 Å². The Hall–Kier alpha value is -2.25. The number of nitrogens with zero attached hydrogens (tertiary/aromatic N) is 3. The van der Waals surface area contributed by atoms with E-state index in [4.69, 9.17) is 4.74 Å². The fraction of sp³-hybridized carbons (Fsp3) is 0.522. The number of hydrogen-bond donors (Lipinski definition) is 1. The fourth-order valence-corrected chi connectivity index (χ4v) is 3.69. The Morgan fingerprint density at radius 2 is 1.93 bits per heavy atom. The largest absolute Gasteiger partial charge is 0.466 e. The average Bonchev–Trinajstić information content (AvgIpc) is 3.18. The van der Waals surface area contributed by atoms with Gasteiger partial charge in [0.25, 0.3) is 0 Å². The van der Waals surface area contributed by atoms with Crippen molar-refractivity contribution >= 4 is 28.7 Å². The van der Waals surface area contributed by atoms with Crippen LogP contribution in [0.2, 0.25) is 0 Å². The summed E-state index contributed by atoms with van der Waals surface area (Å²) in [4.78, 5) is 18.5. The number of benzene rings is 1. The molecule has 0 radical (unpaired) electrons. The van der Waals surface area contributed by atoms with E-state index in [2.05, 4.69) is 52.5 Å². The van der Waals surface area contributed by atoms with Crippen LogP contribution in [0.15, 0.2) is 34.7 Å². The lowest BCUT2D eigenvalue weighted by Gasteiger charge is -2.22. The molecule has 1 aromatic carbocycles. The average molecular weight is 431 g/mol. The summed E-state index contributed by atoms with van der Waals surface area (Å²) in [7, 11) is 0. The van der Waals surface area contributed by atoms with Crippen LogP contribution in [0, 0.1) is 0 Å². The van der Waals surface area contributed by atoms with Gasteiger partial charge in [-0.25, -0.2) is 4.98 Å². The molecule has 0 amide bonds. The van der Waals surface area contributed by atoms with Crippen molar-refractivity contribution < 1.29 is 9.53 Å². The number of esters is 1. The highest BCUT2D eigenvalue weighted by molar-refractivity contribution is 7.13. The molecule has 0 bridgehead atoms. The lowest BCUT2D eigenvalue weighted by molar-refractivity contribution is -0.142. The van der Waals surface area contributed by atoms with Gasteiger partial charge in [-0.3, -0.25) is 15.1 Å². The summed E-state index contributed by atoms with van der Waals surface area (Å²) in [6, 6.07) is 8.38. The van der Waals surface area contributed by atoms with Crippen molar-refractivity contribution in [3.8, 4) is 0 Å².